The van der Waals surface area contributed by atoms with E-state index in [9.17, 15) is 10.0 Å². The van der Waals surface area contributed by atoms with Crippen LogP contribution in [0, 0.1) is 0 Å². The molecule has 0 bridgehead atoms. The number of carbonyl (C=O) groups is 1. The van der Waals surface area contributed by atoms with Crippen LogP contribution in [0.2, 0.25) is 0 Å². The number of urea groups is 1. The molecule has 0 spiro atoms. The Morgan fingerprint density at radius 1 is 0.914 bits per heavy atom. The van der Waals surface area contributed by atoms with Crippen LogP contribution in [0.3, 0.4) is 0 Å². The van der Waals surface area contributed by atoms with Crippen LogP contribution in [-0.4, -0.2) is 28.2 Å². The number of rotatable bonds is 8. The zero-order valence-corrected chi connectivity index (χ0v) is 19.3. The summed E-state index contributed by atoms with van der Waals surface area (Å²) in [6.45, 7) is 0.709. The Morgan fingerprint density at radius 2 is 1.57 bits per heavy atom. The van der Waals surface area contributed by atoms with Crippen molar-refractivity contribution in [3.05, 3.63) is 108 Å². The van der Waals surface area contributed by atoms with E-state index in [0.717, 1.165) is 11.1 Å². The van der Waals surface area contributed by atoms with E-state index < -0.39 is 0 Å². The van der Waals surface area contributed by atoms with Crippen LogP contribution in [0.4, 0.5) is 27.7 Å². The topological polar surface area (TPSA) is 104 Å². The second-order valence-electron chi connectivity index (χ2n) is 7.89. The SMILES string of the molecule is COc1ccc(N(C(=O)N(Cc2ccccc2)Cc2ccc(N)cc2)c2ncccc2NO)cc1. The number of nitrogen functional groups attached to an aromatic ring is 1. The van der Waals surface area contributed by atoms with Gasteiger partial charge in [0.1, 0.15) is 11.4 Å². The van der Waals surface area contributed by atoms with Gasteiger partial charge in [-0.1, -0.05) is 42.5 Å². The highest BCUT2D eigenvalue weighted by molar-refractivity contribution is 6.01. The average molecular weight is 470 g/mol. The van der Waals surface area contributed by atoms with Gasteiger partial charge in [-0.25, -0.2) is 14.7 Å². The smallest absolute Gasteiger partial charge is 0.330 e. The van der Waals surface area contributed by atoms with E-state index in [0.29, 0.717) is 35.9 Å². The van der Waals surface area contributed by atoms with Crippen molar-refractivity contribution in [2.24, 2.45) is 0 Å². The molecule has 4 N–H and O–H groups in total. The predicted molar refractivity (Wildman–Crippen MR) is 137 cm³/mol. The molecule has 4 aromatic rings. The number of carbonyl (C=O) groups excluding carboxylic acids is 1. The summed E-state index contributed by atoms with van der Waals surface area (Å²) in [7, 11) is 1.58. The molecule has 1 aromatic heterocycles. The summed E-state index contributed by atoms with van der Waals surface area (Å²) in [6, 6.07) is 27.3. The lowest BCUT2D eigenvalue weighted by Crippen LogP contribution is -2.40. The van der Waals surface area contributed by atoms with Crippen LogP contribution in [-0.2, 0) is 13.1 Å². The lowest BCUT2D eigenvalue weighted by Gasteiger charge is -2.31. The Morgan fingerprint density at radius 3 is 2.20 bits per heavy atom. The highest BCUT2D eigenvalue weighted by atomic mass is 16.5. The van der Waals surface area contributed by atoms with Crippen molar-refractivity contribution in [1.82, 2.24) is 9.88 Å². The molecule has 0 radical (unpaired) electrons. The van der Waals surface area contributed by atoms with Crippen LogP contribution < -0.4 is 20.9 Å². The number of nitrogens with two attached hydrogens (primary N) is 1. The summed E-state index contributed by atoms with van der Waals surface area (Å²) in [6.07, 6.45) is 1.57. The van der Waals surface area contributed by atoms with Crippen molar-refractivity contribution in [3.8, 4) is 5.75 Å². The van der Waals surface area contributed by atoms with Gasteiger partial charge in [0.2, 0.25) is 0 Å². The maximum Gasteiger partial charge on any atom is 0.330 e. The Hall–Kier alpha value is -4.56. The first-order valence-electron chi connectivity index (χ1n) is 11.1. The van der Waals surface area contributed by atoms with Crippen LogP contribution in [0.5, 0.6) is 5.75 Å². The zero-order chi connectivity index (χ0) is 24.6. The molecular weight excluding hydrogens is 442 g/mol. The van der Waals surface area contributed by atoms with Gasteiger partial charge in [-0.3, -0.25) is 10.7 Å². The quantitative estimate of drug-likeness (QED) is 0.235. The second kappa shape index (κ2) is 11.0. The monoisotopic (exact) mass is 469 g/mol. The van der Waals surface area contributed by atoms with Gasteiger partial charge in [0.15, 0.2) is 5.82 Å². The van der Waals surface area contributed by atoms with Crippen molar-refractivity contribution in [3.63, 3.8) is 0 Å². The lowest BCUT2D eigenvalue weighted by molar-refractivity contribution is 0.201. The summed E-state index contributed by atoms with van der Waals surface area (Å²) in [5, 5.41) is 9.74. The van der Waals surface area contributed by atoms with E-state index in [1.54, 1.807) is 54.6 Å². The summed E-state index contributed by atoms with van der Waals surface area (Å²) in [4.78, 5) is 21.8. The molecule has 178 valence electrons. The molecule has 0 fully saturated rings. The van der Waals surface area contributed by atoms with Crippen LogP contribution in [0.1, 0.15) is 11.1 Å². The minimum atomic E-state index is -0.314. The number of ether oxygens (including phenoxy) is 1. The normalized spacial score (nSPS) is 10.5. The number of nitrogens with zero attached hydrogens (tertiary/aromatic N) is 3. The fourth-order valence-electron chi connectivity index (χ4n) is 3.70. The first kappa shape index (κ1) is 23.6. The van der Waals surface area contributed by atoms with E-state index in [-0.39, 0.29) is 11.8 Å². The summed E-state index contributed by atoms with van der Waals surface area (Å²) in [5.41, 5.74) is 11.4. The fourth-order valence-corrected chi connectivity index (χ4v) is 3.70. The van der Waals surface area contributed by atoms with Gasteiger partial charge in [0.25, 0.3) is 0 Å². The van der Waals surface area contributed by atoms with Gasteiger partial charge >= 0.3 is 6.03 Å². The predicted octanol–water partition coefficient (Wildman–Crippen LogP) is 5.43. The van der Waals surface area contributed by atoms with Gasteiger partial charge in [0.05, 0.1) is 12.8 Å². The standard InChI is InChI=1S/C27H27N5O3/c1-35-24-15-13-23(14-16-24)32(26-25(30-34)8-5-17-29-26)27(33)31(18-20-6-3-2-4-7-20)19-21-9-11-22(28)12-10-21/h2-17,30,34H,18-19,28H2,1H3. The van der Waals surface area contributed by atoms with E-state index in [4.69, 9.17) is 10.5 Å². The number of nitrogens with one attached hydrogen (secondary N) is 1. The Kier molecular flexibility index (Phi) is 7.44. The van der Waals surface area contributed by atoms with Crippen LogP contribution in [0.25, 0.3) is 0 Å². The van der Waals surface area contributed by atoms with Gasteiger partial charge in [0, 0.05) is 25.0 Å². The van der Waals surface area contributed by atoms with Gasteiger partial charge in [-0.2, -0.15) is 0 Å². The molecule has 0 unspecified atom stereocenters. The van der Waals surface area contributed by atoms with Crippen LogP contribution in [0.15, 0.2) is 97.2 Å². The molecule has 0 saturated carbocycles. The van der Waals surface area contributed by atoms with Crippen molar-refractivity contribution < 1.29 is 14.7 Å². The lowest BCUT2D eigenvalue weighted by atomic mass is 10.1. The average Bonchev–Trinajstić information content (AvgIpc) is 2.91. The molecule has 0 aliphatic heterocycles. The molecule has 2 amide bonds. The first-order chi connectivity index (χ1) is 17.1. The van der Waals surface area contributed by atoms with Gasteiger partial charge < -0.3 is 15.4 Å². The van der Waals surface area contributed by atoms with E-state index in [1.807, 2.05) is 54.6 Å². The molecule has 0 aliphatic rings. The minimum absolute atomic E-state index is 0.264. The largest absolute Gasteiger partial charge is 0.497 e. The van der Waals surface area contributed by atoms with Crippen molar-refractivity contribution in [2.45, 2.75) is 13.1 Å². The second-order valence-corrected chi connectivity index (χ2v) is 7.89. The fraction of sp³-hybridized carbons (Fsp3) is 0.111. The van der Waals surface area contributed by atoms with E-state index in [2.05, 4.69) is 10.5 Å². The number of aromatic nitrogens is 1. The number of methoxy groups -OCH3 is 1. The van der Waals surface area contributed by atoms with E-state index >= 15 is 0 Å². The number of benzene rings is 3. The molecule has 8 nitrogen and oxygen atoms in total. The third-order valence-electron chi connectivity index (χ3n) is 5.48. The number of hydrogen-bond acceptors (Lipinski definition) is 6. The van der Waals surface area contributed by atoms with Crippen molar-refractivity contribution >= 4 is 28.9 Å². The number of anilines is 4. The Bertz CT molecular complexity index is 1250. The molecule has 0 saturated heterocycles. The zero-order valence-electron chi connectivity index (χ0n) is 19.3. The number of pyridine rings is 1. The van der Waals surface area contributed by atoms with Crippen molar-refractivity contribution in [2.75, 3.05) is 23.2 Å². The highest BCUT2D eigenvalue weighted by Gasteiger charge is 2.27. The maximum absolute atomic E-state index is 14.2. The Labute approximate surface area is 204 Å². The molecule has 1 heterocycles. The van der Waals surface area contributed by atoms with E-state index in [1.165, 1.54) is 4.90 Å². The molecular formula is C27H27N5O3. The van der Waals surface area contributed by atoms with Gasteiger partial charge in [-0.05, 0) is 59.7 Å². The van der Waals surface area contributed by atoms with Crippen LogP contribution >= 0.6 is 0 Å². The summed E-state index contributed by atoms with van der Waals surface area (Å²) >= 11 is 0. The maximum atomic E-state index is 14.2. The van der Waals surface area contributed by atoms with Crippen molar-refractivity contribution in [1.29, 1.82) is 0 Å². The summed E-state index contributed by atoms with van der Waals surface area (Å²) < 4.78 is 5.28. The molecule has 8 heteroatoms. The molecule has 0 aliphatic carbocycles. The molecule has 0 atom stereocenters. The molecule has 4 rings (SSSR count). The summed E-state index contributed by atoms with van der Waals surface area (Å²) in [5.74, 6) is 0.922. The first-order valence-corrected chi connectivity index (χ1v) is 11.1. The number of hydrogen-bond donors (Lipinski definition) is 3. The minimum Gasteiger partial charge on any atom is -0.497 e. The molecule has 35 heavy (non-hydrogen) atoms. The number of amides is 2. The third-order valence-corrected chi connectivity index (χ3v) is 5.48. The Balaban J connectivity index is 1.77. The molecule has 3 aromatic carbocycles. The van der Waals surface area contributed by atoms with Gasteiger partial charge in [-0.15, -0.1) is 0 Å². The highest BCUT2D eigenvalue weighted by Crippen LogP contribution is 2.32. The third kappa shape index (κ3) is 5.69.